The average Bonchev–Trinajstić information content (AvgIpc) is 2.41. The maximum absolute atomic E-state index is 11.5. The highest BCUT2D eigenvalue weighted by atomic mass is 16.6. The van der Waals surface area contributed by atoms with E-state index in [4.69, 9.17) is 15.3 Å². The number of nitrogens with zero attached hydrogens (tertiary/aromatic N) is 1. The molecule has 0 saturated carbocycles. The molecule has 1 amide bonds. The third-order valence-electron chi connectivity index (χ3n) is 3.37. The van der Waals surface area contributed by atoms with Gasteiger partial charge in [0, 0.05) is 12.5 Å². The lowest BCUT2D eigenvalue weighted by Crippen LogP contribution is -2.50. The standard InChI is InChI=1S/C12H15N3O5/c1-19-10-3-8(2-9(4-10)15(17)18)12(6-20-7-12)5-11(16)14-13/h2-4H,5-7,13H2,1H3,(H,14,16). The Kier molecular flexibility index (Phi) is 3.86. The van der Waals surface area contributed by atoms with Crippen molar-refractivity contribution in [1.29, 1.82) is 0 Å². The quantitative estimate of drug-likeness (QED) is 0.346. The minimum Gasteiger partial charge on any atom is -0.496 e. The van der Waals surface area contributed by atoms with Crippen LogP contribution in [0.25, 0.3) is 0 Å². The maximum atomic E-state index is 11.5. The molecule has 0 bridgehead atoms. The average molecular weight is 281 g/mol. The zero-order valence-electron chi connectivity index (χ0n) is 10.9. The Hall–Kier alpha value is -2.19. The van der Waals surface area contributed by atoms with Gasteiger partial charge in [0.15, 0.2) is 0 Å². The second-order valence-corrected chi connectivity index (χ2v) is 4.69. The second kappa shape index (κ2) is 5.43. The van der Waals surface area contributed by atoms with Crippen LogP contribution in [-0.4, -0.2) is 31.2 Å². The van der Waals surface area contributed by atoms with Crippen molar-refractivity contribution in [1.82, 2.24) is 5.43 Å². The molecule has 0 aromatic heterocycles. The predicted octanol–water partition coefficient (Wildman–Crippen LogP) is 0.251. The molecule has 1 aromatic rings. The molecule has 0 unspecified atom stereocenters. The number of carbonyl (C=O) groups is 1. The number of hydrazine groups is 1. The largest absolute Gasteiger partial charge is 0.496 e. The summed E-state index contributed by atoms with van der Waals surface area (Å²) >= 11 is 0. The van der Waals surface area contributed by atoms with E-state index >= 15 is 0 Å². The van der Waals surface area contributed by atoms with Gasteiger partial charge in [0.1, 0.15) is 5.75 Å². The van der Waals surface area contributed by atoms with Gasteiger partial charge in [-0.1, -0.05) is 0 Å². The number of nitrogens with two attached hydrogens (primary N) is 1. The van der Waals surface area contributed by atoms with E-state index in [-0.39, 0.29) is 18.0 Å². The number of hydrogen-bond acceptors (Lipinski definition) is 6. The molecule has 0 radical (unpaired) electrons. The van der Waals surface area contributed by atoms with Crippen molar-refractivity contribution in [2.45, 2.75) is 11.8 Å². The molecule has 1 aliphatic rings. The molecule has 0 atom stereocenters. The molecule has 1 aliphatic heterocycles. The highest BCUT2D eigenvalue weighted by Crippen LogP contribution is 2.39. The minimum absolute atomic E-state index is 0.0845. The van der Waals surface area contributed by atoms with E-state index < -0.39 is 10.3 Å². The number of non-ortho nitro benzene ring substituents is 1. The molecule has 1 heterocycles. The van der Waals surface area contributed by atoms with Crippen LogP contribution >= 0.6 is 0 Å². The number of nitro benzene ring substituents is 1. The summed E-state index contributed by atoms with van der Waals surface area (Å²) in [5.74, 6) is 5.12. The zero-order valence-corrected chi connectivity index (χ0v) is 10.9. The lowest BCUT2D eigenvalue weighted by atomic mass is 9.75. The summed E-state index contributed by atoms with van der Waals surface area (Å²) in [6, 6.07) is 4.45. The molecule has 20 heavy (non-hydrogen) atoms. The lowest BCUT2D eigenvalue weighted by Gasteiger charge is -2.41. The van der Waals surface area contributed by atoms with E-state index in [9.17, 15) is 14.9 Å². The van der Waals surface area contributed by atoms with Crippen LogP contribution in [-0.2, 0) is 14.9 Å². The fourth-order valence-corrected chi connectivity index (χ4v) is 2.19. The molecular formula is C12H15N3O5. The van der Waals surface area contributed by atoms with E-state index in [1.54, 1.807) is 6.07 Å². The molecule has 1 saturated heterocycles. The van der Waals surface area contributed by atoms with Gasteiger partial charge in [-0.15, -0.1) is 0 Å². The third-order valence-corrected chi connectivity index (χ3v) is 3.37. The topological polar surface area (TPSA) is 117 Å². The Labute approximate surface area is 115 Å². The van der Waals surface area contributed by atoms with E-state index in [0.29, 0.717) is 24.5 Å². The molecule has 1 fully saturated rings. The first-order valence-electron chi connectivity index (χ1n) is 5.92. The third kappa shape index (κ3) is 2.56. The molecule has 3 N–H and O–H groups in total. The first-order valence-corrected chi connectivity index (χ1v) is 5.92. The number of benzene rings is 1. The Morgan fingerprint density at radius 3 is 2.70 bits per heavy atom. The summed E-state index contributed by atoms with van der Waals surface area (Å²) in [6.07, 6.45) is 0.105. The van der Waals surface area contributed by atoms with Crippen molar-refractivity contribution in [2.75, 3.05) is 20.3 Å². The van der Waals surface area contributed by atoms with Crippen molar-refractivity contribution in [2.24, 2.45) is 5.84 Å². The fraction of sp³-hybridized carbons (Fsp3) is 0.417. The number of amides is 1. The number of ether oxygens (including phenoxy) is 2. The number of carbonyl (C=O) groups excluding carboxylic acids is 1. The highest BCUT2D eigenvalue weighted by Gasteiger charge is 2.43. The summed E-state index contributed by atoms with van der Waals surface area (Å²) in [6.45, 7) is 0.621. The van der Waals surface area contributed by atoms with Crippen LogP contribution in [0.5, 0.6) is 5.75 Å². The second-order valence-electron chi connectivity index (χ2n) is 4.69. The molecule has 1 aromatic carbocycles. The molecule has 2 rings (SSSR count). The smallest absolute Gasteiger partial charge is 0.273 e. The predicted molar refractivity (Wildman–Crippen MR) is 69.1 cm³/mol. The van der Waals surface area contributed by atoms with E-state index in [1.807, 2.05) is 0 Å². The summed E-state index contributed by atoms with van der Waals surface area (Å²) in [5.41, 5.74) is 2.02. The Balaban J connectivity index is 2.41. The van der Waals surface area contributed by atoms with Gasteiger partial charge >= 0.3 is 0 Å². The summed E-state index contributed by atoms with van der Waals surface area (Å²) in [4.78, 5) is 22.0. The van der Waals surface area contributed by atoms with Gasteiger partial charge in [0.25, 0.3) is 5.69 Å². The lowest BCUT2D eigenvalue weighted by molar-refractivity contribution is -0.385. The van der Waals surface area contributed by atoms with Crippen LogP contribution < -0.4 is 16.0 Å². The van der Waals surface area contributed by atoms with Gasteiger partial charge in [-0.2, -0.15) is 0 Å². The Morgan fingerprint density at radius 2 is 2.25 bits per heavy atom. The van der Waals surface area contributed by atoms with Gasteiger partial charge < -0.3 is 9.47 Å². The van der Waals surface area contributed by atoms with Gasteiger partial charge in [-0.05, 0) is 11.6 Å². The monoisotopic (exact) mass is 281 g/mol. The van der Waals surface area contributed by atoms with Crippen LogP contribution in [0.4, 0.5) is 5.69 Å². The van der Waals surface area contributed by atoms with Crippen molar-refractivity contribution < 1.29 is 19.2 Å². The number of rotatable bonds is 5. The van der Waals surface area contributed by atoms with Crippen molar-refractivity contribution in [3.8, 4) is 5.75 Å². The molecule has 0 aliphatic carbocycles. The van der Waals surface area contributed by atoms with Crippen LogP contribution in [0.3, 0.4) is 0 Å². The summed E-state index contributed by atoms with van der Waals surface area (Å²) in [7, 11) is 1.43. The van der Waals surface area contributed by atoms with E-state index in [2.05, 4.69) is 5.43 Å². The normalized spacial score (nSPS) is 16.1. The SMILES string of the molecule is COc1cc([N+](=O)[O-])cc(C2(CC(=O)NN)COC2)c1. The molecule has 8 heteroatoms. The molecule has 0 spiro atoms. The maximum Gasteiger partial charge on any atom is 0.273 e. The summed E-state index contributed by atoms with van der Waals surface area (Å²) < 4.78 is 10.3. The highest BCUT2D eigenvalue weighted by molar-refractivity contribution is 5.77. The Bertz CT molecular complexity index is 542. The first-order chi connectivity index (χ1) is 9.50. The van der Waals surface area contributed by atoms with Gasteiger partial charge in [-0.25, -0.2) is 5.84 Å². The first kappa shape index (κ1) is 14.2. The van der Waals surface area contributed by atoms with Gasteiger partial charge in [0.2, 0.25) is 5.91 Å². The van der Waals surface area contributed by atoms with Crippen LogP contribution in [0, 0.1) is 10.1 Å². The number of nitrogens with one attached hydrogen (secondary N) is 1. The fourth-order valence-electron chi connectivity index (χ4n) is 2.19. The Morgan fingerprint density at radius 1 is 1.55 bits per heavy atom. The van der Waals surface area contributed by atoms with Gasteiger partial charge in [0.05, 0.1) is 36.7 Å². The van der Waals surface area contributed by atoms with Crippen LogP contribution in [0.2, 0.25) is 0 Å². The van der Waals surface area contributed by atoms with Crippen molar-refractivity contribution >= 4 is 11.6 Å². The molecule has 108 valence electrons. The zero-order chi connectivity index (χ0) is 14.8. The summed E-state index contributed by atoms with van der Waals surface area (Å²) in [5, 5.41) is 11.0. The molecule has 8 nitrogen and oxygen atoms in total. The number of nitro groups is 1. The van der Waals surface area contributed by atoms with Crippen LogP contribution in [0.15, 0.2) is 18.2 Å². The van der Waals surface area contributed by atoms with Crippen molar-refractivity contribution in [3.05, 3.63) is 33.9 Å². The van der Waals surface area contributed by atoms with Gasteiger partial charge in [-0.3, -0.25) is 20.3 Å². The minimum atomic E-state index is -0.594. The molecular weight excluding hydrogens is 266 g/mol. The van der Waals surface area contributed by atoms with E-state index in [1.165, 1.54) is 19.2 Å². The number of hydrogen-bond donors (Lipinski definition) is 2. The van der Waals surface area contributed by atoms with Crippen LogP contribution in [0.1, 0.15) is 12.0 Å². The van der Waals surface area contributed by atoms with E-state index in [0.717, 1.165) is 0 Å². The van der Waals surface area contributed by atoms with Crippen molar-refractivity contribution in [3.63, 3.8) is 0 Å². The number of methoxy groups -OCH3 is 1.